The summed E-state index contributed by atoms with van der Waals surface area (Å²) in [6, 6.07) is 16.9. The van der Waals surface area contributed by atoms with Gasteiger partial charge in [-0.2, -0.15) is 0 Å². The van der Waals surface area contributed by atoms with Gasteiger partial charge in [0, 0.05) is 55.8 Å². The first-order valence-electron chi connectivity index (χ1n) is 10.4. The zero-order valence-corrected chi connectivity index (χ0v) is 18.4. The molecule has 0 saturated carbocycles. The third kappa shape index (κ3) is 5.26. The summed E-state index contributed by atoms with van der Waals surface area (Å²) in [6.45, 7) is 8.94. The second-order valence-electron chi connectivity index (χ2n) is 7.87. The van der Waals surface area contributed by atoms with Crippen LogP contribution in [0.4, 0.5) is 10.8 Å². The summed E-state index contributed by atoms with van der Waals surface area (Å²) in [5, 5.41) is 5.62. The smallest absolute Gasteiger partial charge is 0.227 e. The summed E-state index contributed by atoms with van der Waals surface area (Å²) in [7, 11) is 0. The largest absolute Gasteiger partial charge is 0.369 e. The van der Waals surface area contributed by atoms with Gasteiger partial charge in [0.25, 0.3) is 0 Å². The number of thiazole rings is 1. The average Bonchev–Trinajstić information content (AvgIpc) is 3.21. The van der Waals surface area contributed by atoms with E-state index in [0.29, 0.717) is 11.6 Å². The number of piperazine rings is 1. The van der Waals surface area contributed by atoms with Crippen molar-refractivity contribution < 1.29 is 4.79 Å². The van der Waals surface area contributed by atoms with E-state index < -0.39 is 0 Å². The van der Waals surface area contributed by atoms with Gasteiger partial charge in [-0.25, -0.2) is 4.98 Å². The second-order valence-corrected chi connectivity index (χ2v) is 8.73. The van der Waals surface area contributed by atoms with Crippen LogP contribution in [0.5, 0.6) is 0 Å². The molecule has 4 rings (SSSR count). The summed E-state index contributed by atoms with van der Waals surface area (Å²) in [6.07, 6.45) is 0.490. The topological polar surface area (TPSA) is 48.5 Å². The third-order valence-electron chi connectivity index (χ3n) is 5.46. The number of carbonyl (C=O) groups is 1. The first kappa shape index (κ1) is 20.6. The highest BCUT2D eigenvalue weighted by Crippen LogP contribution is 2.25. The molecule has 1 aliphatic rings. The van der Waals surface area contributed by atoms with Crippen molar-refractivity contribution in [1.82, 2.24) is 9.88 Å². The van der Waals surface area contributed by atoms with E-state index in [9.17, 15) is 4.79 Å². The van der Waals surface area contributed by atoms with Crippen LogP contribution in [0.2, 0.25) is 0 Å². The molecule has 156 valence electrons. The predicted octanol–water partition coefficient (Wildman–Crippen LogP) is 4.58. The van der Waals surface area contributed by atoms with Gasteiger partial charge in [0.05, 0.1) is 5.69 Å². The van der Waals surface area contributed by atoms with Crippen molar-refractivity contribution >= 4 is 28.1 Å². The predicted molar refractivity (Wildman–Crippen MR) is 125 cm³/mol. The molecule has 2 heterocycles. The quantitative estimate of drug-likeness (QED) is 0.634. The van der Waals surface area contributed by atoms with Gasteiger partial charge >= 0.3 is 0 Å². The van der Waals surface area contributed by atoms with E-state index in [0.717, 1.165) is 44.0 Å². The lowest BCUT2D eigenvalue weighted by Crippen LogP contribution is -2.47. The second kappa shape index (κ2) is 9.41. The Bertz CT molecular complexity index is 1010. The fourth-order valence-corrected chi connectivity index (χ4v) is 4.50. The van der Waals surface area contributed by atoms with Crippen LogP contribution in [-0.4, -0.2) is 48.5 Å². The Morgan fingerprint density at radius 1 is 1.03 bits per heavy atom. The van der Waals surface area contributed by atoms with Gasteiger partial charge in [0.2, 0.25) is 5.91 Å². The minimum Gasteiger partial charge on any atom is -0.369 e. The molecule has 0 radical (unpaired) electrons. The molecule has 1 aromatic heterocycles. The van der Waals surface area contributed by atoms with Gasteiger partial charge < -0.3 is 10.2 Å². The minimum absolute atomic E-state index is 0.0289. The standard InChI is InChI=1S/C24H28N4OS/c1-18-5-3-7-20(15-18)22-17-30-24(25-22)26-23(29)9-10-27-11-13-28(14-12-27)21-8-4-6-19(2)16-21/h3-8,15-17H,9-14H2,1-2H3,(H,25,26,29). The van der Waals surface area contributed by atoms with Crippen LogP contribution in [0, 0.1) is 13.8 Å². The molecule has 1 N–H and O–H groups in total. The molecule has 1 saturated heterocycles. The van der Waals surface area contributed by atoms with Gasteiger partial charge in [0.15, 0.2) is 5.13 Å². The molecule has 0 aliphatic carbocycles. The van der Waals surface area contributed by atoms with Crippen molar-refractivity contribution in [3.8, 4) is 11.3 Å². The van der Waals surface area contributed by atoms with E-state index >= 15 is 0 Å². The maximum atomic E-state index is 12.4. The summed E-state index contributed by atoms with van der Waals surface area (Å²) in [5.74, 6) is 0.0289. The zero-order chi connectivity index (χ0) is 20.9. The lowest BCUT2D eigenvalue weighted by Gasteiger charge is -2.36. The summed E-state index contributed by atoms with van der Waals surface area (Å²) >= 11 is 1.48. The number of hydrogen-bond donors (Lipinski definition) is 1. The monoisotopic (exact) mass is 420 g/mol. The molecular weight excluding hydrogens is 392 g/mol. The van der Waals surface area contributed by atoms with Crippen LogP contribution in [0.15, 0.2) is 53.9 Å². The van der Waals surface area contributed by atoms with E-state index in [4.69, 9.17) is 0 Å². The van der Waals surface area contributed by atoms with Crippen LogP contribution in [0.25, 0.3) is 11.3 Å². The van der Waals surface area contributed by atoms with E-state index in [1.807, 2.05) is 17.5 Å². The molecule has 3 aromatic rings. The van der Waals surface area contributed by atoms with Crippen molar-refractivity contribution in [3.63, 3.8) is 0 Å². The molecule has 1 amide bonds. The highest BCUT2D eigenvalue weighted by atomic mass is 32.1. The number of amides is 1. The lowest BCUT2D eigenvalue weighted by molar-refractivity contribution is -0.116. The van der Waals surface area contributed by atoms with Crippen LogP contribution < -0.4 is 10.2 Å². The molecule has 5 nitrogen and oxygen atoms in total. The van der Waals surface area contributed by atoms with Gasteiger partial charge in [-0.1, -0.05) is 35.9 Å². The minimum atomic E-state index is 0.0289. The van der Waals surface area contributed by atoms with Gasteiger partial charge in [0.1, 0.15) is 0 Å². The Morgan fingerprint density at radius 3 is 2.50 bits per heavy atom. The first-order chi connectivity index (χ1) is 14.6. The molecule has 0 unspecified atom stereocenters. The van der Waals surface area contributed by atoms with Crippen molar-refractivity contribution in [2.75, 3.05) is 42.9 Å². The highest BCUT2D eigenvalue weighted by Gasteiger charge is 2.18. The summed E-state index contributed by atoms with van der Waals surface area (Å²) < 4.78 is 0. The van der Waals surface area contributed by atoms with Crippen LogP contribution in [0.3, 0.4) is 0 Å². The van der Waals surface area contributed by atoms with Gasteiger partial charge in [-0.05, 0) is 37.6 Å². The van der Waals surface area contributed by atoms with Crippen molar-refractivity contribution in [1.29, 1.82) is 0 Å². The molecule has 1 fully saturated rings. The number of hydrogen-bond acceptors (Lipinski definition) is 5. The third-order valence-corrected chi connectivity index (χ3v) is 6.22. The summed E-state index contributed by atoms with van der Waals surface area (Å²) in [4.78, 5) is 21.8. The highest BCUT2D eigenvalue weighted by molar-refractivity contribution is 7.14. The molecule has 30 heavy (non-hydrogen) atoms. The van der Waals surface area contributed by atoms with E-state index in [1.54, 1.807) is 0 Å². The molecule has 1 aliphatic heterocycles. The van der Waals surface area contributed by atoms with Crippen LogP contribution in [0.1, 0.15) is 17.5 Å². The number of benzene rings is 2. The Morgan fingerprint density at radius 2 is 1.77 bits per heavy atom. The van der Waals surface area contributed by atoms with Crippen molar-refractivity contribution in [2.45, 2.75) is 20.3 Å². The molecule has 0 bridgehead atoms. The number of nitrogens with zero attached hydrogens (tertiary/aromatic N) is 3. The first-order valence-corrected chi connectivity index (χ1v) is 11.3. The number of nitrogens with one attached hydrogen (secondary N) is 1. The molecule has 0 atom stereocenters. The maximum absolute atomic E-state index is 12.4. The average molecular weight is 421 g/mol. The summed E-state index contributed by atoms with van der Waals surface area (Å²) in [5.41, 5.74) is 5.78. The molecule has 0 spiro atoms. The van der Waals surface area contributed by atoms with E-state index in [2.05, 4.69) is 70.3 Å². The lowest BCUT2D eigenvalue weighted by atomic mass is 10.1. The van der Waals surface area contributed by atoms with E-state index in [-0.39, 0.29) is 5.91 Å². The number of rotatable bonds is 6. The normalized spacial score (nSPS) is 14.7. The maximum Gasteiger partial charge on any atom is 0.227 e. The Labute approximate surface area is 182 Å². The fraction of sp³-hybridized carbons (Fsp3) is 0.333. The van der Waals surface area contributed by atoms with Crippen molar-refractivity contribution in [2.24, 2.45) is 0 Å². The zero-order valence-electron chi connectivity index (χ0n) is 17.6. The van der Waals surface area contributed by atoms with E-state index in [1.165, 1.54) is 28.2 Å². The van der Waals surface area contributed by atoms with Crippen LogP contribution >= 0.6 is 11.3 Å². The number of aromatic nitrogens is 1. The Balaban J connectivity index is 1.23. The fourth-order valence-electron chi connectivity index (χ4n) is 3.76. The van der Waals surface area contributed by atoms with Gasteiger partial charge in [-0.15, -0.1) is 11.3 Å². The number of anilines is 2. The number of carbonyl (C=O) groups excluding carboxylic acids is 1. The SMILES string of the molecule is Cc1cccc(-c2csc(NC(=O)CCN3CCN(c4cccc(C)c4)CC3)n2)c1. The van der Waals surface area contributed by atoms with Gasteiger partial charge in [-0.3, -0.25) is 9.69 Å². The Hall–Kier alpha value is -2.70. The van der Waals surface area contributed by atoms with Crippen LogP contribution in [-0.2, 0) is 4.79 Å². The molecule has 2 aromatic carbocycles. The number of aryl methyl sites for hydroxylation is 2. The molecular formula is C24H28N4OS. The molecule has 6 heteroatoms. The Kier molecular flexibility index (Phi) is 6.45. The van der Waals surface area contributed by atoms with Crippen molar-refractivity contribution in [3.05, 3.63) is 65.0 Å².